The molecule has 1 aliphatic heterocycles. The molecule has 0 unspecified atom stereocenters. The minimum atomic E-state index is -0.487. The van der Waals surface area contributed by atoms with Gasteiger partial charge in [0.25, 0.3) is 5.69 Å². The van der Waals surface area contributed by atoms with E-state index >= 15 is 0 Å². The van der Waals surface area contributed by atoms with Crippen LogP contribution < -0.4 is 5.32 Å². The van der Waals surface area contributed by atoms with Gasteiger partial charge < -0.3 is 5.32 Å². The third kappa shape index (κ3) is 2.54. The van der Waals surface area contributed by atoms with E-state index in [-0.39, 0.29) is 11.3 Å². The smallest absolute Gasteiger partial charge is 0.284 e. The van der Waals surface area contributed by atoms with Gasteiger partial charge >= 0.3 is 0 Å². The summed E-state index contributed by atoms with van der Waals surface area (Å²) in [7, 11) is 0. The highest BCUT2D eigenvalue weighted by Gasteiger charge is 2.18. The number of benzene rings is 1. The van der Waals surface area contributed by atoms with Crippen LogP contribution in [-0.2, 0) is 0 Å². The van der Waals surface area contributed by atoms with Crippen LogP contribution in [0.25, 0.3) is 0 Å². The van der Waals surface area contributed by atoms with Crippen molar-refractivity contribution in [3.8, 4) is 6.07 Å². The maximum atomic E-state index is 10.9. The second-order valence-electron chi connectivity index (χ2n) is 3.27. The third-order valence-corrected chi connectivity index (χ3v) is 3.17. The molecule has 0 bridgehead atoms. The van der Waals surface area contributed by atoms with Crippen LogP contribution in [0.5, 0.6) is 0 Å². The van der Waals surface area contributed by atoms with Gasteiger partial charge in [0, 0.05) is 12.6 Å². The maximum absolute atomic E-state index is 10.9. The highest BCUT2D eigenvalue weighted by atomic mass is 32.2. The molecule has 6 nitrogen and oxygen atoms in total. The topological polar surface area (TPSA) is 91.3 Å². The van der Waals surface area contributed by atoms with Crippen molar-refractivity contribution in [2.45, 2.75) is 4.90 Å². The Kier molecular flexibility index (Phi) is 3.25. The summed E-state index contributed by atoms with van der Waals surface area (Å²) in [5.41, 5.74) is 0.216. The first-order chi connectivity index (χ1) is 8.20. The van der Waals surface area contributed by atoms with Crippen LogP contribution in [0.15, 0.2) is 28.1 Å². The van der Waals surface area contributed by atoms with Gasteiger partial charge in [0.15, 0.2) is 5.17 Å². The molecule has 0 aliphatic carbocycles. The summed E-state index contributed by atoms with van der Waals surface area (Å²) < 4.78 is 0. The number of rotatable bonds is 2. The Morgan fingerprint density at radius 1 is 1.59 bits per heavy atom. The molecule has 7 heteroatoms. The molecule has 0 radical (unpaired) electrons. The molecule has 86 valence electrons. The molecule has 1 aliphatic rings. The van der Waals surface area contributed by atoms with E-state index in [0.29, 0.717) is 16.6 Å². The van der Waals surface area contributed by atoms with E-state index in [4.69, 9.17) is 5.26 Å². The molecule has 0 saturated heterocycles. The zero-order valence-corrected chi connectivity index (χ0v) is 9.53. The molecule has 1 aromatic carbocycles. The van der Waals surface area contributed by atoms with Gasteiger partial charge in [0.05, 0.1) is 28.0 Å². The number of thioether (sulfide) groups is 1. The van der Waals surface area contributed by atoms with Crippen LogP contribution in [0.1, 0.15) is 5.56 Å². The summed E-state index contributed by atoms with van der Waals surface area (Å²) in [5.74, 6) is 0. The van der Waals surface area contributed by atoms with Crippen LogP contribution in [0.4, 0.5) is 5.69 Å². The minimum Gasteiger partial charge on any atom is -0.363 e. The number of aliphatic imine (C=N–C) groups is 1. The fraction of sp³-hybridized carbons (Fsp3) is 0.200. The largest absolute Gasteiger partial charge is 0.363 e. The first-order valence-electron chi connectivity index (χ1n) is 4.85. The van der Waals surface area contributed by atoms with Crippen molar-refractivity contribution >= 4 is 22.6 Å². The number of hydrogen-bond acceptors (Lipinski definition) is 6. The minimum absolute atomic E-state index is 0.0644. The summed E-state index contributed by atoms with van der Waals surface area (Å²) >= 11 is 1.21. The SMILES string of the molecule is N#Cc1ccc(SC2=NCCN2)c([N+](=O)[O-])c1. The zero-order valence-electron chi connectivity index (χ0n) is 8.71. The third-order valence-electron chi connectivity index (χ3n) is 2.13. The summed E-state index contributed by atoms with van der Waals surface area (Å²) in [6.45, 7) is 1.44. The van der Waals surface area contributed by atoms with Crippen LogP contribution in [-0.4, -0.2) is 23.2 Å². The highest BCUT2D eigenvalue weighted by Crippen LogP contribution is 2.30. The number of nitriles is 1. The van der Waals surface area contributed by atoms with E-state index < -0.39 is 4.92 Å². The fourth-order valence-corrected chi connectivity index (χ4v) is 2.28. The maximum Gasteiger partial charge on any atom is 0.284 e. The highest BCUT2D eigenvalue weighted by molar-refractivity contribution is 8.14. The number of nitro benzene ring substituents is 1. The van der Waals surface area contributed by atoms with E-state index in [1.165, 1.54) is 17.8 Å². The molecule has 0 aromatic heterocycles. The van der Waals surface area contributed by atoms with Crippen LogP contribution in [0, 0.1) is 21.4 Å². The first-order valence-corrected chi connectivity index (χ1v) is 5.67. The van der Waals surface area contributed by atoms with Crippen molar-refractivity contribution < 1.29 is 4.92 Å². The van der Waals surface area contributed by atoms with Crippen molar-refractivity contribution in [1.29, 1.82) is 5.26 Å². The number of nitrogens with zero attached hydrogens (tertiary/aromatic N) is 3. The van der Waals surface area contributed by atoms with E-state index in [2.05, 4.69) is 10.3 Å². The zero-order chi connectivity index (χ0) is 12.3. The lowest BCUT2D eigenvalue weighted by molar-refractivity contribution is -0.387. The van der Waals surface area contributed by atoms with Gasteiger partial charge in [-0.2, -0.15) is 5.26 Å². The summed E-state index contributed by atoms with van der Waals surface area (Å²) in [4.78, 5) is 15.0. The lowest BCUT2D eigenvalue weighted by atomic mass is 10.2. The number of amidine groups is 1. The summed E-state index contributed by atoms with van der Waals surface area (Å²) in [5, 5.41) is 23.3. The van der Waals surface area contributed by atoms with Crippen LogP contribution in [0.2, 0.25) is 0 Å². The second-order valence-corrected chi connectivity index (χ2v) is 4.30. The van der Waals surface area contributed by atoms with Gasteiger partial charge in [-0.05, 0) is 23.9 Å². The quantitative estimate of drug-likeness (QED) is 0.632. The van der Waals surface area contributed by atoms with Gasteiger partial charge in [-0.25, -0.2) is 0 Å². The number of hydrogen-bond donors (Lipinski definition) is 1. The van der Waals surface area contributed by atoms with Crippen LogP contribution in [0.3, 0.4) is 0 Å². The van der Waals surface area contributed by atoms with E-state index in [1.807, 2.05) is 6.07 Å². The normalized spacial score (nSPS) is 13.7. The van der Waals surface area contributed by atoms with Crippen molar-refractivity contribution in [3.63, 3.8) is 0 Å². The molecular formula is C10H8N4O2S. The molecule has 0 fully saturated rings. The summed E-state index contributed by atoms with van der Waals surface area (Å²) in [6.07, 6.45) is 0. The molecule has 2 rings (SSSR count). The van der Waals surface area contributed by atoms with Crippen LogP contribution >= 0.6 is 11.8 Å². The lowest BCUT2D eigenvalue weighted by Gasteiger charge is -2.03. The Morgan fingerprint density at radius 3 is 3.00 bits per heavy atom. The van der Waals surface area contributed by atoms with E-state index in [9.17, 15) is 10.1 Å². The molecule has 0 spiro atoms. The van der Waals surface area contributed by atoms with E-state index in [0.717, 1.165) is 6.54 Å². The predicted molar refractivity (Wildman–Crippen MR) is 64.0 cm³/mol. The lowest BCUT2D eigenvalue weighted by Crippen LogP contribution is -2.14. The molecule has 17 heavy (non-hydrogen) atoms. The van der Waals surface area contributed by atoms with Crippen molar-refractivity contribution in [3.05, 3.63) is 33.9 Å². The second kappa shape index (κ2) is 4.84. The Bertz CT molecular complexity index is 536. The average Bonchev–Trinajstić information content (AvgIpc) is 2.82. The van der Waals surface area contributed by atoms with Crippen molar-refractivity contribution in [2.24, 2.45) is 4.99 Å². The Balaban J connectivity index is 2.32. The molecule has 1 heterocycles. The molecule has 1 aromatic rings. The molecular weight excluding hydrogens is 240 g/mol. The van der Waals surface area contributed by atoms with Gasteiger partial charge in [-0.3, -0.25) is 15.1 Å². The Hall–Kier alpha value is -2.07. The van der Waals surface area contributed by atoms with Gasteiger partial charge in [-0.15, -0.1) is 0 Å². The first kappa shape index (κ1) is 11.4. The van der Waals surface area contributed by atoms with Gasteiger partial charge in [-0.1, -0.05) is 0 Å². The fourth-order valence-electron chi connectivity index (χ4n) is 1.36. The van der Waals surface area contributed by atoms with E-state index in [1.54, 1.807) is 12.1 Å². The average molecular weight is 248 g/mol. The standard InChI is InChI=1S/C10H8N4O2S/c11-6-7-1-2-9(8(5-7)14(15)16)17-10-12-3-4-13-10/h1-2,5H,3-4H2,(H,12,13). The number of nitrogens with one attached hydrogen (secondary N) is 1. The number of nitro groups is 1. The van der Waals surface area contributed by atoms with Gasteiger partial charge in [0.1, 0.15) is 0 Å². The molecule has 0 amide bonds. The molecule has 1 N–H and O–H groups in total. The molecule has 0 saturated carbocycles. The monoisotopic (exact) mass is 248 g/mol. The molecule has 0 atom stereocenters. The summed E-state index contributed by atoms with van der Waals surface area (Å²) in [6, 6.07) is 6.29. The van der Waals surface area contributed by atoms with Crippen molar-refractivity contribution in [1.82, 2.24) is 5.32 Å². The predicted octanol–water partition coefficient (Wildman–Crippen LogP) is 1.52. The van der Waals surface area contributed by atoms with Gasteiger partial charge in [0.2, 0.25) is 0 Å². The Morgan fingerprint density at radius 2 is 2.41 bits per heavy atom. The van der Waals surface area contributed by atoms with Crippen molar-refractivity contribution in [2.75, 3.05) is 13.1 Å². The Labute approximate surface area is 101 Å².